The van der Waals surface area contributed by atoms with Gasteiger partial charge in [-0.15, -0.1) is 16.4 Å². The summed E-state index contributed by atoms with van der Waals surface area (Å²) in [6, 6.07) is 1.40. The summed E-state index contributed by atoms with van der Waals surface area (Å²) in [5, 5.41) is 16.0. The highest BCUT2D eigenvalue weighted by atomic mass is 32.1. The molecule has 0 fully saturated rings. The molecule has 9 heteroatoms. The van der Waals surface area contributed by atoms with E-state index in [1.165, 1.54) is 23.6 Å². The molecule has 19 heavy (non-hydrogen) atoms. The average Bonchev–Trinajstić information content (AvgIpc) is 3.07. The monoisotopic (exact) mass is 277 g/mol. The molecule has 1 amide bonds. The molecule has 3 aromatic rings. The lowest BCUT2D eigenvalue weighted by molar-refractivity contribution is 0.0985. The number of rotatable bonds is 3. The van der Waals surface area contributed by atoms with Crippen LogP contribution in [0.1, 0.15) is 15.6 Å². The second-order valence-corrected chi connectivity index (χ2v) is 4.56. The second kappa shape index (κ2) is 4.61. The van der Waals surface area contributed by atoms with E-state index in [0.29, 0.717) is 5.69 Å². The zero-order chi connectivity index (χ0) is 13.2. The zero-order valence-electron chi connectivity index (χ0n) is 9.65. The maximum Gasteiger partial charge on any atom is 0.322 e. The molecule has 3 heterocycles. The van der Waals surface area contributed by atoms with E-state index in [-0.39, 0.29) is 17.7 Å². The number of carbonyl (C=O) groups excluding carboxylic acids is 1. The van der Waals surface area contributed by atoms with Crippen LogP contribution in [0.2, 0.25) is 0 Å². The van der Waals surface area contributed by atoms with Gasteiger partial charge in [-0.05, 0) is 6.92 Å². The van der Waals surface area contributed by atoms with Crippen molar-refractivity contribution < 1.29 is 13.7 Å². The Kier molecular flexibility index (Phi) is 2.80. The fraction of sp³-hybridized carbons (Fsp3) is 0.100. The van der Waals surface area contributed by atoms with Crippen molar-refractivity contribution in [2.45, 2.75) is 6.92 Å². The van der Waals surface area contributed by atoms with Crippen molar-refractivity contribution in [3.8, 4) is 11.6 Å². The molecule has 0 saturated heterocycles. The van der Waals surface area contributed by atoms with E-state index in [2.05, 4.69) is 25.7 Å². The second-order valence-electron chi connectivity index (χ2n) is 3.49. The Morgan fingerprint density at radius 2 is 2.32 bits per heavy atom. The summed E-state index contributed by atoms with van der Waals surface area (Å²) in [5.74, 6) is -0.205. The van der Waals surface area contributed by atoms with Gasteiger partial charge in [0.1, 0.15) is 5.69 Å². The van der Waals surface area contributed by atoms with Gasteiger partial charge in [-0.3, -0.25) is 10.1 Å². The fourth-order valence-electron chi connectivity index (χ4n) is 1.33. The van der Waals surface area contributed by atoms with Crippen molar-refractivity contribution in [3.05, 3.63) is 28.4 Å². The first-order chi connectivity index (χ1) is 9.22. The normalized spacial score (nSPS) is 10.6. The summed E-state index contributed by atoms with van der Waals surface area (Å²) >= 11 is 1.47. The van der Waals surface area contributed by atoms with Gasteiger partial charge in [0.05, 0.1) is 11.2 Å². The molecule has 0 atom stereocenters. The zero-order valence-corrected chi connectivity index (χ0v) is 10.5. The van der Waals surface area contributed by atoms with Crippen LogP contribution in [0.15, 0.2) is 26.6 Å². The highest BCUT2D eigenvalue weighted by Crippen LogP contribution is 2.21. The van der Waals surface area contributed by atoms with Crippen LogP contribution in [0, 0.1) is 6.92 Å². The molecule has 0 aromatic carbocycles. The fourth-order valence-corrected chi connectivity index (χ4v) is 1.92. The molecule has 1 N–H and O–H groups in total. The Balaban J connectivity index is 1.77. The summed E-state index contributed by atoms with van der Waals surface area (Å²) < 4.78 is 9.98. The molecule has 0 bridgehead atoms. The Morgan fingerprint density at radius 1 is 1.42 bits per heavy atom. The standard InChI is InChI=1S/C10H7N5O3S/c1-5-12-6(4-19-5)9-14-15-10(17-9)13-8(16)7-2-3-11-18-7/h2-4H,1H3,(H,13,15,16). The molecule has 0 aliphatic carbocycles. The Bertz CT molecular complexity index is 702. The third-order valence-corrected chi connectivity index (χ3v) is 2.92. The van der Waals surface area contributed by atoms with Gasteiger partial charge in [-0.1, -0.05) is 10.3 Å². The number of aryl methyl sites for hydroxylation is 1. The van der Waals surface area contributed by atoms with Crippen LogP contribution in [-0.4, -0.2) is 26.2 Å². The first kappa shape index (κ1) is 11.5. The van der Waals surface area contributed by atoms with E-state index in [0.717, 1.165) is 5.01 Å². The molecule has 0 saturated carbocycles. The summed E-state index contributed by atoms with van der Waals surface area (Å²) in [7, 11) is 0. The van der Waals surface area contributed by atoms with Crippen molar-refractivity contribution in [2.24, 2.45) is 0 Å². The third-order valence-electron chi connectivity index (χ3n) is 2.15. The third kappa shape index (κ3) is 2.36. The first-order valence-electron chi connectivity index (χ1n) is 5.20. The minimum absolute atomic E-state index is 0.0259. The molecule has 0 aliphatic rings. The largest absolute Gasteiger partial charge is 0.401 e. The van der Waals surface area contributed by atoms with Gasteiger partial charge in [0, 0.05) is 11.4 Å². The van der Waals surface area contributed by atoms with Crippen LogP contribution < -0.4 is 5.32 Å². The predicted molar refractivity (Wildman–Crippen MR) is 64.6 cm³/mol. The summed E-state index contributed by atoms with van der Waals surface area (Å²) in [6.07, 6.45) is 1.37. The highest BCUT2D eigenvalue weighted by Gasteiger charge is 2.16. The number of nitrogens with one attached hydrogen (secondary N) is 1. The highest BCUT2D eigenvalue weighted by molar-refractivity contribution is 7.09. The van der Waals surface area contributed by atoms with Gasteiger partial charge in [0.15, 0.2) is 0 Å². The van der Waals surface area contributed by atoms with Crippen molar-refractivity contribution >= 4 is 23.3 Å². The number of aromatic nitrogens is 4. The smallest absolute Gasteiger partial charge is 0.322 e. The van der Waals surface area contributed by atoms with E-state index >= 15 is 0 Å². The van der Waals surface area contributed by atoms with Crippen LogP contribution in [0.25, 0.3) is 11.6 Å². The van der Waals surface area contributed by atoms with Crippen molar-refractivity contribution in [1.29, 1.82) is 0 Å². The Morgan fingerprint density at radius 3 is 3.00 bits per heavy atom. The molecule has 0 radical (unpaired) electrons. The van der Waals surface area contributed by atoms with Crippen molar-refractivity contribution in [2.75, 3.05) is 5.32 Å². The molecular formula is C10H7N5O3S. The Labute approximate surface area is 110 Å². The van der Waals surface area contributed by atoms with E-state index in [1.54, 1.807) is 5.38 Å². The van der Waals surface area contributed by atoms with Crippen LogP contribution in [0.4, 0.5) is 6.01 Å². The number of carbonyl (C=O) groups is 1. The molecule has 0 aliphatic heterocycles. The molecule has 0 spiro atoms. The lowest BCUT2D eigenvalue weighted by Gasteiger charge is -1.94. The number of nitrogens with zero attached hydrogens (tertiary/aromatic N) is 4. The molecule has 8 nitrogen and oxygen atoms in total. The van der Waals surface area contributed by atoms with Crippen LogP contribution >= 0.6 is 11.3 Å². The van der Waals surface area contributed by atoms with Gasteiger partial charge in [-0.25, -0.2) is 4.98 Å². The number of hydrogen-bond acceptors (Lipinski definition) is 8. The van der Waals surface area contributed by atoms with Crippen molar-refractivity contribution in [3.63, 3.8) is 0 Å². The van der Waals surface area contributed by atoms with Gasteiger partial charge >= 0.3 is 6.01 Å². The van der Waals surface area contributed by atoms with E-state index in [9.17, 15) is 4.79 Å². The first-order valence-corrected chi connectivity index (χ1v) is 6.08. The number of amides is 1. The predicted octanol–water partition coefficient (Wildman–Crippen LogP) is 1.74. The number of hydrogen-bond donors (Lipinski definition) is 1. The molecule has 3 rings (SSSR count). The lowest BCUT2D eigenvalue weighted by Crippen LogP contribution is -2.11. The minimum Gasteiger partial charge on any atom is -0.401 e. The quantitative estimate of drug-likeness (QED) is 0.776. The van der Waals surface area contributed by atoms with E-state index in [4.69, 9.17) is 8.94 Å². The summed E-state index contributed by atoms with van der Waals surface area (Å²) in [5.41, 5.74) is 0.579. The van der Waals surface area contributed by atoms with E-state index in [1.807, 2.05) is 6.92 Å². The van der Waals surface area contributed by atoms with Crippen LogP contribution in [-0.2, 0) is 0 Å². The number of thiazole rings is 1. The maximum absolute atomic E-state index is 11.6. The lowest BCUT2D eigenvalue weighted by atomic mass is 10.4. The van der Waals surface area contributed by atoms with Gasteiger partial charge in [0.2, 0.25) is 5.76 Å². The number of anilines is 1. The maximum atomic E-state index is 11.6. The van der Waals surface area contributed by atoms with Gasteiger partial charge in [-0.2, -0.15) is 0 Å². The van der Waals surface area contributed by atoms with Gasteiger partial charge in [0.25, 0.3) is 11.8 Å². The Hall–Kier alpha value is -2.55. The molecule has 3 aromatic heterocycles. The molecule has 96 valence electrons. The van der Waals surface area contributed by atoms with Crippen LogP contribution in [0.3, 0.4) is 0 Å². The van der Waals surface area contributed by atoms with Gasteiger partial charge < -0.3 is 8.94 Å². The molecule has 0 unspecified atom stereocenters. The average molecular weight is 277 g/mol. The summed E-state index contributed by atoms with van der Waals surface area (Å²) in [6.45, 7) is 1.87. The van der Waals surface area contributed by atoms with Crippen molar-refractivity contribution in [1.82, 2.24) is 20.3 Å². The minimum atomic E-state index is -0.512. The molecular weight excluding hydrogens is 270 g/mol. The summed E-state index contributed by atoms with van der Waals surface area (Å²) in [4.78, 5) is 15.8. The topological polar surface area (TPSA) is 107 Å². The SMILES string of the molecule is Cc1nc(-c2nnc(NC(=O)c3ccno3)o2)cs1. The van der Waals surface area contributed by atoms with Crippen LogP contribution in [0.5, 0.6) is 0 Å². The van der Waals surface area contributed by atoms with E-state index < -0.39 is 5.91 Å².